The third-order valence-electron chi connectivity index (χ3n) is 4.86. The summed E-state index contributed by atoms with van der Waals surface area (Å²) < 4.78 is 1.90. The SMILES string of the molecule is c1ccc(N2CCN(C3CN(CCn4ccnn4)C3)CC2)nc1. The number of anilines is 1. The van der Waals surface area contributed by atoms with Gasteiger partial charge in [-0.2, -0.15) is 0 Å². The zero-order chi connectivity index (χ0) is 15.5. The Morgan fingerprint density at radius 2 is 1.87 bits per heavy atom. The maximum absolute atomic E-state index is 4.45. The van der Waals surface area contributed by atoms with E-state index >= 15 is 0 Å². The van der Waals surface area contributed by atoms with Crippen molar-refractivity contribution in [1.29, 1.82) is 0 Å². The Bertz CT molecular complexity index is 586. The van der Waals surface area contributed by atoms with Crippen LogP contribution >= 0.6 is 0 Å². The number of aromatic nitrogens is 4. The molecule has 0 atom stereocenters. The van der Waals surface area contributed by atoms with E-state index < -0.39 is 0 Å². The Balaban J connectivity index is 1.19. The van der Waals surface area contributed by atoms with Crippen molar-refractivity contribution in [3.8, 4) is 0 Å². The molecule has 4 heterocycles. The zero-order valence-corrected chi connectivity index (χ0v) is 13.3. The van der Waals surface area contributed by atoms with Gasteiger partial charge in [-0.05, 0) is 12.1 Å². The highest BCUT2D eigenvalue weighted by molar-refractivity contribution is 5.38. The maximum Gasteiger partial charge on any atom is 0.128 e. The summed E-state index contributed by atoms with van der Waals surface area (Å²) in [6.45, 7) is 8.78. The molecule has 0 amide bonds. The molecule has 2 saturated heterocycles. The van der Waals surface area contributed by atoms with Gasteiger partial charge in [-0.15, -0.1) is 5.10 Å². The van der Waals surface area contributed by atoms with Crippen LogP contribution in [-0.4, -0.2) is 81.6 Å². The number of hydrogen-bond donors (Lipinski definition) is 0. The molecule has 0 N–H and O–H groups in total. The summed E-state index contributed by atoms with van der Waals surface area (Å²) in [6, 6.07) is 6.86. The molecule has 7 nitrogen and oxygen atoms in total. The summed E-state index contributed by atoms with van der Waals surface area (Å²) in [5.41, 5.74) is 0. The van der Waals surface area contributed by atoms with Crippen molar-refractivity contribution in [2.24, 2.45) is 0 Å². The molecule has 0 spiro atoms. The molecule has 2 aromatic heterocycles. The first-order valence-electron chi connectivity index (χ1n) is 8.35. The first-order valence-corrected chi connectivity index (χ1v) is 8.35. The van der Waals surface area contributed by atoms with Gasteiger partial charge in [0, 0.05) is 64.2 Å². The maximum atomic E-state index is 4.45. The van der Waals surface area contributed by atoms with Gasteiger partial charge in [0.1, 0.15) is 5.82 Å². The highest BCUT2D eigenvalue weighted by Gasteiger charge is 2.33. The van der Waals surface area contributed by atoms with Gasteiger partial charge in [-0.3, -0.25) is 14.5 Å². The molecule has 0 bridgehead atoms. The van der Waals surface area contributed by atoms with Gasteiger partial charge in [-0.25, -0.2) is 4.98 Å². The quantitative estimate of drug-likeness (QED) is 0.785. The van der Waals surface area contributed by atoms with E-state index in [-0.39, 0.29) is 0 Å². The minimum Gasteiger partial charge on any atom is -0.354 e. The van der Waals surface area contributed by atoms with E-state index in [0.717, 1.165) is 51.1 Å². The predicted octanol–water partition coefficient (Wildman–Crippen LogP) is 0.180. The summed E-state index contributed by atoms with van der Waals surface area (Å²) in [7, 11) is 0. The fourth-order valence-electron chi connectivity index (χ4n) is 3.41. The molecule has 4 rings (SSSR count). The molecule has 2 fully saturated rings. The van der Waals surface area contributed by atoms with Crippen molar-refractivity contribution in [2.75, 3.05) is 50.7 Å². The van der Waals surface area contributed by atoms with Crippen molar-refractivity contribution in [2.45, 2.75) is 12.6 Å². The Hall–Kier alpha value is -1.99. The molecule has 2 aliphatic rings. The van der Waals surface area contributed by atoms with Crippen LogP contribution in [0.15, 0.2) is 36.8 Å². The Labute approximate surface area is 136 Å². The lowest BCUT2D eigenvalue weighted by molar-refractivity contribution is 0.0281. The van der Waals surface area contributed by atoms with Gasteiger partial charge < -0.3 is 4.90 Å². The third kappa shape index (κ3) is 3.35. The predicted molar refractivity (Wildman–Crippen MR) is 88.3 cm³/mol. The van der Waals surface area contributed by atoms with Crippen molar-refractivity contribution >= 4 is 5.82 Å². The molecule has 2 aliphatic heterocycles. The minimum atomic E-state index is 0.719. The van der Waals surface area contributed by atoms with Crippen LogP contribution in [0.25, 0.3) is 0 Å². The third-order valence-corrected chi connectivity index (χ3v) is 4.86. The summed E-state index contributed by atoms with van der Waals surface area (Å²) in [4.78, 5) is 12.0. The summed E-state index contributed by atoms with van der Waals surface area (Å²) >= 11 is 0. The van der Waals surface area contributed by atoms with Crippen LogP contribution in [0.4, 0.5) is 5.82 Å². The van der Waals surface area contributed by atoms with E-state index in [1.54, 1.807) is 6.20 Å². The topological polar surface area (TPSA) is 53.3 Å². The number of piperazine rings is 1. The lowest BCUT2D eigenvalue weighted by Gasteiger charge is -2.48. The van der Waals surface area contributed by atoms with E-state index in [1.165, 1.54) is 13.1 Å². The molecular formula is C16H23N7. The second kappa shape index (κ2) is 6.64. The minimum absolute atomic E-state index is 0.719. The van der Waals surface area contributed by atoms with Gasteiger partial charge in [-0.1, -0.05) is 11.3 Å². The lowest BCUT2D eigenvalue weighted by Crippen LogP contribution is -2.63. The van der Waals surface area contributed by atoms with Crippen LogP contribution in [0.5, 0.6) is 0 Å². The summed E-state index contributed by atoms with van der Waals surface area (Å²) in [5, 5.41) is 7.85. The number of hydrogen-bond acceptors (Lipinski definition) is 6. The van der Waals surface area contributed by atoms with E-state index in [0.29, 0.717) is 0 Å². The van der Waals surface area contributed by atoms with Gasteiger partial charge in [0.2, 0.25) is 0 Å². The van der Waals surface area contributed by atoms with Gasteiger partial charge in [0.15, 0.2) is 0 Å². The second-order valence-corrected chi connectivity index (χ2v) is 6.29. The van der Waals surface area contributed by atoms with E-state index in [1.807, 2.05) is 23.1 Å². The summed E-state index contributed by atoms with van der Waals surface area (Å²) in [5.74, 6) is 1.11. The van der Waals surface area contributed by atoms with Gasteiger partial charge in [0.05, 0.1) is 12.7 Å². The van der Waals surface area contributed by atoms with Crippen LogP contribution in [-0.2, 0) is 6.54 Å². The van der Waals surface area contributed by atoms with Gasteiger partial charge >= 0.3 is 0 Å². The highest BCUT2D eigenvalue weighted by atomic mass is 15.4. The van der Waals surface area contributed by atoms with Crippen molar-refractivity contribution in [3.05, 3.63) is 36.8 Å². The Morgan fingerprint density at radius 3 is 2.57 bits per heavy atom. The van der Waals surface area contributed by atoms with Crippen molar-refractivity contribution < 1.29 is 0 Å². The highest BCUT2D eigenvalue weighted by Crippen LogP contribution is 2.19. The standard InChI is InChI=1S/C16H23N7/c1-2-4-17-16(3-1)22-10-8-21(9-11-22)15-13-20(14-15)7-12-23-6-5-18-19-23/h1-6,15H,7-14H2. The van der Waals surface area contributed by atoms with E-state index in [9.17, 15) is 0 Å². The second-order valence-electron chi connectivity index (χ2n) is 6.29. The molecule has 7 heteroatoms. The molecule has 0 aromatic carbocycles. The van der Waals surface area contributed by atoms with Crippen LogP contribution in [0.3, 0.4) is 0 Å². The van der Waals surface area contributed by atoms with E-state index in [4.69, 9.17) is 0 Å². The van der Waals surface area contributed by atoms with Crippen LogP contribution < -0.4 is 4.90 Å². The van der Waals surface area contributed by atoms with Crippen LogP contribution in [0.1, 0.15) is 0 Å². The average Bonchev–Trinajstić information content (AvgIpc) is 3.08. The monoisotopic (exact) mass is 313 g/mol. The molecule has 23 heavy (non-hydrogen) atoms. The molecule has 2 aromatic rings. The number of likely N-dealkylation sites (tertiary alicyclic amines) is 1. The van der Waals surface area contributed by atoms with Crippen molar-refractivity contribution in [1.82, 2.24) is 29.8 Å². The Morgan fingerprint density at radius 1 is 1.00 bits per heavy atom. The molecule has 0 radical (unpaired) electrons. The fraction of sp³-hybridized carbons (Fsp3) is 0.562. The molecule has 122 valence electrons. The average molecular weight is 313 g/mol. The van der Waals surface area contributed by atoms with Gasteiger partial charge in [0.25, 0.3) is 0 Å². The van der Waals surface area contributed by atoms with Crippen molar-refractivity contribution in [3.63, 3.8) is 0 Å². The molecule has 0 unspecified atom stereocenters. The van der Waals surface area contributed by atoms with E-state index in [2.05, 4.69) is 42.1 Å². The van der Waals surface area contributed by atoms with Crippen LogP contribution in [0, 0.1) is 0 Å². The number of pyridine rings is 1. The Kier molecular flexibility index (Phi) is 4.21. The fourth-order valence-corrected chi connectivity index (χ4v) is 3.41. The molecule has 0 aliphatic carbocycles. The smallest absolute Gasteiger partial charge is 0.128 e. The number of rotatable bonds is 5. The van der Waals surface area contributed by atoms with Crippen LogP contribution in [0.2, 0.25) is 0 Å². The lowest BCUT2D eigenvalue weighted by atomic mass is 10.1. The summed E-state index contributed by atoms with van der Waals surface area (Å²) in [6.07, 6.45) is 5.54. The molecular weight excluding hydrogens is 290 g/mol. The first kappa shape index (κ1) is 14.6. The largest absolute Gasteiger partial charge is 0.354 e. The first-order chi connectivity index (χ1) is 11.4. The normalized spacial score (nSPS) is 20.6. The molecule has 0 saturated carbocycles. The zero-order valence-electron chi connectivity index (χ0n) is 13.3. The number of nitrogens with zero attached hydrogens (tertiary/aromatic N) is 7.